The van der Waals surface area contributed by atoms with Gasteiger partial charge in [0.1, 0.15) is 17.8 Å². The second kappa shape index (κ2) is 4.83. The van der Waals surface area contributed by atoms with E-state index < -0.39 is 5.97 Å². The number of aliphatic carboxylic acids is 1. The SMILES string of the molecule is C#Cc1cc(N2CCC(C(=O)O)CC2)ncn1. The van der Waals surface area contributed by atoms with E-state index in [0.717, 1.165) is 5.82 Å². The second-order valence-corrected chi connectivity index (χ2v) is 4.01. The minimum Gasteiger partial charge on any atom is -0.481 e. The van der Waals surface area contributed by atoms with Crippen LogP contribution in [0.5, 0.6) is 0 Å². The van der Waals surface area contributed by atoms with Crippen molar-refractivity contribution >= 4 is 11.8 Å². The minimum absolute atomic E-state index is 0.236. The Morgan fingerprint density at radius 3 is 2.76 bits per heavy atom. The molecule has 88 valence electrons. The molecule has 1 aliphatic rings. The molecule has 5 nitrogen and oxygen atoms in total. The van der Waals surface area contributed by atoms with Crippen LogP contribution in [-0.4, -0.2) is 34.1 Å². The number of hydrogen-bond donors (Lipinski definition) is 1. The molecule has 1 aliphatic heterocycles. The normalized spacial score (nSPS) is 16.5. The van der Waals surface area contributed by atoms with E-state index in [0.29, 0.717) is 31.6 Å². The molecule has 0 atom stereocenters. The summed E-state index contributed by atoms with van der Waals surface area (Å²) in [6.45, 7) is 1.38. The fourth-order valence-electron chi connectivity index (χ4n) is 1.95. The van der Waals surface area contributed by atoms with Gasteiger partial charge < -0.3 is 10.0 Å². The zero-order chi connectivity index (χ0) is 12.3. The van der Waals surface area contributed by atoms with E-state index in [9.17, 15) is 4.79 Å². The molecule has 0 radical (unpaired) electrons. The molecule has 2 heterocycles. The quantitative estimate of drug-likeness (QED) is 0.761. The maximum atomic E-state index is 10.8. The van der Waals surface area contributed by atoms with E-state index in [1.54, 1.807) is 6.07 Å². The van der Waals surface area contributed by atoms with Gasteiger partial charge in [-0.25, -0.2) is 9.97 Å². The second-order valence-electron chi connectivity index (χ2n) is 4.01. The summed E-state index contributed by atoms with van der Waals surface area (Å²) in [6.07, 6.45) is 8.00. The molecule has 1 aromatic rings. The molecule has 1 aromatic heterocycles. The molecule has 1 N–H and O–H groups in total. The average Bonchev–Trinajstić information content (AvgIpc) is 2.39. The lowest BCUT2D eigenvalue weighted by atomic mass is 9.97. The molecule has 2 rings (SSSR count). The van der Waals surface area contributed by atoms with Crippen molar-refractivity contribution in [1.29, 1.82) is 0 Å². The molecule has 5 heteroatoms. The van der Waals surface area contributed by atoms with Gasteiger partial charge in [0.2, 0.25) is 0 Å². The summed E-state index contributed by atoms with van der Waals surface area (Å²) in [6, 6.07) is 1.75. The summed E-state index contributed by atoms with van der Waals surface area (Å²) in [5, 5.41) is 8.91. The Labute approximate surface area is 99.5 Å². The first kappa shape index (κ1) is 11.4. The van der Waals surface area contributed by atoms with Crippen LogP contribution in [0.1, 0.15) is 18.5 Å². The highest BCUT2D eigenvalue weighted by molar-refractivity contribution is 5.70. The van der Waals surface area contributed by atoms with Gasteiger partial charge in [0.05, 0.1) is 5.92 Å². The molecule has 0 aliphatic carbocycles. The highest BCUT2D eigenvalue weighted by atomic mass is 16.4. The fourth-order valence-corrected chi connectivity index (χ4v) is 1.95. The Morgan fingerprint density at radius 2 is 2.18 bits per heavy atom. The van der Waals surface area contributed by atoms with E-state index in [1.165, 1.54) is 6.33 Å². The van der Waals surface area contributed by atoms with Crippen molar-refractivity contribution in [1.82, 2.24) is 9.97 Å². The van der Waals surface area contributed by atoms with Crippen LogP contribution in [0.25, 0.3) is 0 Å². The number of aromatic nitrogens is 2. The summed E-state index contributed by atoms with van der Waals surface area (Å²) in [5.74, 6) is 2.29. The van der Waals surface area contributed by atoms with Gasteiger partial charge in [0.15, 0.2) is 0 Å². The predicted octanol–water partition coefficient (Wildman–Crippen LogP) is 0.759. The number of hydrogen-bond acceptors (Lipinski definition) is 4. The van der Waals surface area contributed by atoms with Gasteiger partial charge in [-0.05, 0) is 12.8 Å². The molecule has 0 amide bonds. The van der Waals surface area contributed by atoms with Crippen LogP contribution < -0.4 is 4.90 Å². The van der Waals surface area contributed by atoms with Crippen molar-refractivity contribution in [3.05, 3.63) is 18.1 Å². The van der Waals surface area contributed by atoms with E-state index in [-0.39, 0.29) is 5.92 Å². The number of carbonyl (C=O) groups is 1. The Hall–Kier alpha value is -2.09. The number of piperidine rings is 1. The topological polar surface area (TPSA) is 66.3 Å². The molecular formula is C12H13N3O2. The van der Waals surface area contributed by atoms with Crippen LogP contribution in [-0.2, 0) is 4.79 Å². The number of anilines is 1. The van der Waals surface area contributed by atoms with Crippen molar-refractivity contribution in [2.24, 2.45) is 5.92 Å². The molecule has 0 aromatic carbocycles. The molecule has 17 heavy (non-hydrogen) atoms. The first-order chi connectivity index (χ1) is 8.20. The summed E-state index contributed by atoms with van der Waals surface area (Å²) < 4.78 is 0. The molecule has 1 saturated heterocycles. The van der Waals surface area contributed by atoms with E-state index in [4.69, 9.17) is 11.5 Å². The summed E-state index contributed by atoms with van der Waals surface area (Å²) in [7, 11) is 0. The first-order valence-corrected chi connectivity index (χ1v) is 5.47. The van der Waals surface area contributed by atoms with Crippen LogP contribution in [0.2, 0.25) is 0 Å². The molecule has 0 spiro atoms. The lowest BCUT2D eigenvalue weighted by molar-refractivity contribution is -0.142. The van der Waals surface area contributed by atoms with Gasteiger partial charge >= 0.3 is 5.97 Å². The minimum atomic E-state index is -0.711. The molecule has 0 bridgehead atoms. The van der Waals surface area contributed by atoms with Crippen LogP contribution in [0, 0.1) is 18.3 Å². The Bertz CT molecular complexity index is 459. The van der Waals surface area contributed by atoms with E-state index >= 15 is 0 Å². The molecule has 1 fully saturated rings. The van der Waals surface area contributed by atoms with Crippen molar-refractivity contribution in [3.63, 3.8) is 0 Å². The zero-order valence-electron chi connectivity index (χ0n) is 9.33. The third-order valence-electron chi connectivity index (χ3n) is 2.97. The maximum Gasteiger partial charge on any atom is 0.306 e. The van der Waals surface area contributed by atoms with Crippen LogP contribution in [0.3, 0.4) is 0 Å². The number of nitrogens with zero attached hydrogens (tertiary/aromatic N) is 3. The monoisotopic (exact) mass is 231 g/mol. The van der Waals surface area contributed by atoms with Crippen molar-refractivity contribution in [2.75, 3.05) is 18.0 Å². The van der Waals surface area contributed by atoms with Crippen LogP contribution in [0.15, 0.2) is 12.4 Å². The number of carboxylic acid groups (broad SMARTS) is 1. The summed E-state index contributed by atoms with van der Waals surface area (Å²) >= 11 is 0. The van der Waals surface area contributed by atoms with Gasteiger partial charge in [-0.2, -0.15) is 0 Å². The van der Waals surface area contributed by atoms with E-state index in [1.807, 2.05) is 4.90 Å². The van der Waals surface area contributed by atoms with Gasteiger partial charge in [-0.15, -0.1) is 6.42 Å². The van der Waals surface area contributed by atoms with Crippen molar-refractivity contribution < 1.29 is 9.90 Å². The predicted molar refractivity (Wildman–Crippen MR) is 62.5 cm³/mol. The Morgan fingerprint density at radius 1 is 1.47 bits per heavy atom. The van der Waals surface area contributed by atoms with Crippen molar-refractivity contribution in [2.45, 2.75) is 12.8 Å². The smallest absolute Gasteiger partial charge is 0.306 e. The largest absolute Gasteiger partial charge is 0.481 e. The van der Waals surface area contributed by atoms with Crippen LogP contribution >= 0.6 is 0 Å². The van der Waals surface area contributed by atoms with Crippen LogP contribution in [0.4, 0.5) is 5.82 Å². The maximum absolute atomic E-state index is 10.8. The van der Waals surface area contributed by atoms with Gasteiger partial charge in [-0.3, -0.25) is 4.79 Å². The lowest BCUT2D eigenvalue weighted by Gasteiger charge is -2.30. The van der Waals surface area contributed by atoms with Gasteiger partial charge in [0.25, 0.3) is 0 Å². The third kappa shape index (κ3) is 2.53. The van der Waals surface area contributed by atoms with Gasteiger partial charge in [0, 0.05) is 19.2 Å². The molecule has 0 saturated carbocycles. The summed E-state index contributed by atoms with van der Waals surface area (Å²) in [5.41, 5.74) is 0.551. The van der Waals surface area contributed by atoms with Crippen molar-refractivity contribution in [3.8, 4) is 12.3 Å². The molecular weight excluding hydrogens is 218 g/mol. The average molecular weight is 231 g/mol. The fraction of sp³-hybridized carbons (Fsp3) is 0.417. The Balaban J connectivity index is 2.05. The highest BCUT2D eigenvalue weighted by Crippen LogP contribution is 2.21. The highest BCUT2D eigenvalue weighted by Gasteiger charge is 2.25. The summed E-state index contributed by atoms with van der Waals surface area (Å²) in [4.78, 5) is 21.0. The zero-order valence-corrected chi connectivity index (χ0v) is 9.33. The number of carboxylic acids is 1. The molecule has 0 unspecified atom stereocenters. The first-order valence-electron chi connectivity index (χ1n) is 5.47. The number of terminal acetylenes is 1. The van der Waals surface area contributed by atoms with E-state index in [2.05, 4.69) is 15.9 Å². The lowest BCUT2D eigenvalue weighted by Crippen LogP contribution is -2.36. The third-order valence-corrected chi connectivity index (χ3v) is 2.97. The Kier molecular flexibility index (Phi) is 3.24. The number of rotatable bonds is 2. The standard InChI is InChI=1S/C12H13N3O2/c1-2-10-7-11(14-8-13-10)15-5-3-9(4-6-15)12(16)17/h1,7-9H,3-6H2,(H,16,17). The van der Waals surface area contributed by atoms with Gasteiger partial charge in [-0.1, -0.05) is 5.92 Å².